The second-order valence-corrected chi connectivity index (χ2v) is 7.66. The van der Waals surface area contributed by atoms with Crippen molar-refractivity contribution in [2.75, 3.05) is 26.3 Å². The lowest BCUT2D eigenvalue weighted by Crippen LogP contribution is -2.46. The predicted octanol–water partition coefficient (Wildman–Crippen LogP) is 1.74. The van der Waals surface area contributed by atoms with Gasteiger partial charge < -0.3 is 19.5 Å². The molecule has 3 aromatic rings. The molecule has 1 amide bonds. The number of rotatable bonds is 6. The normalized spacial score (nSPS) is 18.3. The highest BCUT2D eigenvalue weighted by Gasteiger charge is 2.24. The zero-order valence-corrected chi connectivity index (χ0v) is 16.6. The van der Waals surface area contributed by atoms with Crippen molar-refractivity contribution in [3.8, 4) is 11.3 Å². The van der Waals surface area contributed by atoms with Crippen molar-refractivity contribution in [3.63, 3.8) is 0 Å². The molecule has 0 saturated carbocycles. The number of fused-ring (bicyclic) bond motifs is 3. The largest absolute Gasteiger partial charge is 0.379 e. The first-order chi connectivity index (χ1) is 14.7. The minimum atomic E-state index is -0.394. The molecule has 0 spiro atoms. The molecule has 1 saturated heterocycles. The van der Waals surface area contributed by atoms with Gasteiger partial charge in [0.2, 0.25) is 5.91 Å². The van der Waals surface area contributed by atoms with Crippen LogP contribution >= 0.6 is 0 Å². The quantitative estimate of drug-likeness (QED) is 0.623. The van der Waals surface area contributed by atoms with E-state index in [1.54, 1.807) is 24.5 Å². The summed E-state index contributed by atoms with van der Waals surface area (Å²) in [6.07, 6.45) is 4.68. The summed E-state index contributed by atoms with van der Waals surface area (Å²) in [4.78, 5) is 27.6. The standard InChI is InChI=1S/C21H23FN6O2/c22-16-2-1-5-24-20(16)14-10-17-21(25-11-14)28-8-7-27(12-18(28)26-17)19(29)4-9-30-13-15-3-6-23-15/h1-2,5,10-11,15,23H,3-4,6-9,12-13H2. The van der Waals surface area contributed by atoms with Gasteiger partial charge in [0.05, 0.1) is 26.2 Å². The van der Waals surface area contributed by atoms with Crippen LogP contribution in [0.2, 0.25) is 0 Å². The molecule has 30 heavy (non-hydrogen) atoms. The molecular weight excluding hydrogens is 387 g/mol. The first-order valence-corrected chi connectivity index (χ1v) is 10.2. The van der Waals surface area contributed by atoms with E-state index in [0.717, 1.165) is 24.4 Å². The molecule has 3 aromatic heterocycles. The Morgan fingerprint density at radius 1 is 1.33 bits per heavy atom. The Hall–Kier alpha value is -2.91. The smallest absolute Gasteiger partial charge is 0.225 e. The van der Waals surface area contributed by atoms with Gasteiger partial charge >= 0.3 is 0 Å². The molecule has 0 bridgehead atoms. The zero-order valence-electron chi connectivity index (χ0n) is 16.6. The molecule has 1 fully saturated rings. The van der Waals surface area contributed by atoms with Crippen molar-refractivity contribution in [1.82, 2.24) is 29.7 Å². The van der Waals surface area contributed by atoms with Gasteiger partial charge in [-0.05, 0) is 31.2 Å². The van der Waals surface area contributed by atoms with Gasteiger partial charge in [-0.3, -0.25) is 9.78 Å². The first kappa shape index (κ1) is 19.1. The van der Waals surface area contributed by atoms with Crippen LogP contribution in [0.1, 0.15) is 18.7 Å². The molecule has 5 rings (SSSR count). The molecule has 156 valence electrons. The highest BCUT2D eigenvalue weighted by Crippen LogP contribution is 2.25. The fraction of sp³-hybridized carbons (Fsp3) is 0.429. The molecule has 8 nitrogen and oxygen atoms in total. The summed E-state index contributed by atoms with van der Waals surface area (Å²) >= 11 is 0. The van der Waals surface area contributed by atoms with E-state index in [2.05, 4.69) is 20.3 Å². The van der Waals surface area contributed by atoms with Gasteiger partial charge in [0.15, 0.2) is 5.65 Å². The molecule has 0 aromatic carbocycles. The maximum absolute atomic E-state index is 14.1. The van der Waals surface area contributed by atoms with Crippen molar-refractivity contribution in [1.29, 1.82) is 0 Å². The van der Waals surface area contributed by atoms with Crippen LogP contribution in [0.5, 0.6) is 0 Å². The Balaban J connectivity index is 1.27. The highest BCUT2D eigenvalue weighted by molar-refractivity contribution is 5.79. The summed E-state index contributed by atoms with van der Waals surface area (Å²) in [5, 5.41) is 3.28. The molecule has 0 radical (unpaired) electrons. The Labute approximate surface area is 173 Å². The van der Waals surface area contributed by atoms with Crippen LogP contribution in [0.4, 0.5) is 4.39 Å². The molecule has 9 heteroatoms. The summed E-state index contributed by atoms with van der Waals surface area (Å²) in [5.41, 5.74) is 2.26. The number of hydrogen-bond donors (Lipinski definition) is 1. The maximum Gasteiger partial charge on any atom is 0.225 e. The fourth-order valence-corrected chi connectivity index (χ4v) is 3.86. The van der Waals surface area contributed by atoms with E-state index in [0.29, 0.717) is 56.4 Å². The number of pyridine rings is 2. The number of carbonyl (C=O) groups excluding carboxylic acids is 1. The third kappa shape index (κ3) is 3.66. The summed E-state index contributed by atoms with van der Waals surface area (Å²) in [7, 11) is 0. The number of amides is 1. The molecule has 1 unspecified atom stereocenters. The SMILES string of the molecule is O=C(CCOCC1CCN1)N1CCn2c(nc3cc(-c4ncccc4F)cnc32)C1. The first-order valence-electron chi connectivity index (χ1n) is 10.2. The Kier molecular flexibility index (Phi) is 5.14. The maximum atomic E-state index is 14.1. The third-order valence-electron chi connectivity index (χ3n) is 5.68. The number of halogens is 1. The van der Waals surface area contributed by atoms with E-state index in [4.69, 9.17) is 4.74 Å². The lowest BCUT2D eigenvalue weighted by molar-refractivity contribution is -0.134. The van der Waals surface area contributed by atoms with Crippen LogP contribution in [0.3, 0.4) is 0 Å². The summed E-state index contributed by atoms with van der Waals surface area (Å²) in [5.74, 6) is 0.462. The van der Waals surface area contributed by atoms with Crippen molar-refractivity contribution in [2.24, 2.45) is 0 Å². The molecule has 0 aliphatic carbocycles. The lowest BCUT2D eigenvalue weighted by Gasteiger charge is -2.29. The third-order valence-corrected chi connectivity index (χ3v) is 5.68. The molecule has 2 aliphatic rings. The number of ether oxygens (including phenoxy) is 1. The van der Waals surface area contributed by atoms with E-state index in [1.165, 1.54) is 6.07 Å². The highest BCUT2D eigenvalue weighted by atomic mass is 19.1. The van der Waals surface area contributed by atoms with Gasteiger partial charge in [-0.2, -0.15) is 0 Å². The van der Waals surface area contributed by atoms with Crippen LogP contribution in [0.25, 0.3) is 22.4 Å². The lowest BCUT2D eigenvalue weighted by atomic mass is 10.1. The number of hydrogen-bond acceptors (Lipinski definition) is 6. The topological polar surface area (TPSA) is 85.2 Å². The summed E-state index contributed by atoms with van der Waals surface area (Å²) < 4.78 is 21.7. The van der Waals surface area contributed by atoms with Crippen LogP contribution in [0, 0.1) is 5.82 Å². The second-order valence-electron chi connectivity index (χ2n) is 7.66. The van der Waals surface area contributed by atoms with Crippen molar-refractivity contribution >= 4 is 17.1 Å². The van der Waals surface area contributed by atoms with E-state index in [9.17, 15) is 9.18 Å². The van der Waals surface area contributed by atoms with E-state index in [-0.39, 0.29) is 11.6 Å². The minimum absolute atomic E-state index is 0.0686. The Morgan fingerprint density at radius 2 is 2.23 bits per heavy atom. The molecule has 1 atom stereocenters. The van der Waals surface area contributed by atoms with E-state index >= 15 is 0 Å². The van der Waals surface area contributed by atoms with Crippen LogP contribution in [-0.4, -0.2) is 62.7 Å². The average Bonchev–Trinajstić information content (AvgIpc) is 3.09. The zero-order chi connectivity index (χ0) is 20.5. The monoisotopic (exact) mass is 410 g/mol. The van der Waals surface area contributed by atoms with Crippen LogP contribution < -0.4 is 5.32 Å². The summed E-state index contributed by atoms with van der Waals surface area (Å²) in [6, 6.07) is 5.17. The number of nitrogens with zero attached hydrogens (tertiary/aromatic N) is 5. The van der Waals surface area contributed by atoms with Crippen molar-refractivity contribution in [3.05, 3.63) is 42.2 Å². The average molecular weight is 410 g/mol. The van der Waals surface area contributed by atoms with Gasteiger partial charge in [0.25, 0.3) is 0 Å². The number of carbonyl (C=O) groups is 1. The fourth-order valence-electron chi connectivity index (χ4n) is 3.86. The molecular formula is C21H23FN6O2. The van der Waals surface area contributed by atoms with Crippen molar-refractivity contribution in [2.45, 2.75) is 32.0 Å². The van der Waals surface area contributed by atoms with Crippen LogP contribution in [0.15, 0.2) is 30.6 Å². The van der Waals surface area contributed by atoms with Gasteiger partial charge in [-0.15, -0.1) is 0 Å². The number of nitrogens with one attached hydrogen (secondary N) is 1. The molecule has 2 aliphatic heterocycles. The predicted molar refractivity (Wildman–Crippen MR) is 108 cm³/mol. The van der Waals surface area contributed by atoms with Gasteiger partial charge in [0.1, 0.15) is 22.9 Å². The van der Waals surface area contributed by atoms with Crippen LogP contribution in [-0.2, 0) is 22.6 Å². The van der Waals surface area contributed by atoms with Crippen molar-refractivity contribution < 1.29 is 13.9 Å². The Bertz CT molecular complexity index is 1080. The molecule has 5 heterocycles. The Morgan fingerprint density at radius 3 is 3.03 bits per heavy atom. The second kappa shape index (κ2) is 8.08. The van der Waals surface area contributed by atoms with Gasteiger partial charge in [-0.25, -0.2) is 14.4 Å². The van der Waals surface area contributed by atoms with E-state index in [1.807, 2.05) is 9.47 Å². The molecule has 1 N–H and O–H groups in total. The number of imidazole rings is 1. The van der Waals surface area contributed by atoms with Gasteiger partial charge in [0, 0.05) is 37.1 Å². The van der Waals surface area contributed by atoms with Gasteiger partial charge in [-0.1, -0.05) is 0 Å². The summed E-state index contributed by atoms with van der Waals surface area (Å²) in [6.45, 7) is 3.83. The number of aromatic nitrogens is 4. The van der Waals surface area contributed by atoms with E-state index < -0.39 is 5.82 Å². The minimum Gasteiger partial charge on any atom is -0.379 e.